The largest absolute Gasteiger partial charge is 0.476 e. The first kappa shape index (κ1) is 22.1. The SMILES string of the molecule is C[C@H](NC(=O)[C@@H]1CN(S(C)(=O)=O)c2cc(C(C)(C)C)ccc2O1)c1ccc(F)cc1. The van der Waals surface area contributed by atoms with Crippen LogP contribution in [-0.2, 0) is 20.2 Å². The molecule has 0 spiro atoms. The molecule has 0 aromatic heterocycles. The normalized spacial score (nSPS) is 17.7. The van der Waals surface area contributed by atoms with Crippen LogP contribution in [0.3, 0.4) is 0 Å². The Morgan fingerprint density at radius 3 is 2.40 bits per heavy atom. The first-order chi connectivity index (χ1) is 13.9. The molecule has 0 bridgehead atoms. The second-order valence-electron chi connectivity index (χ2n) is 8.61. The molecule has 162 valence electrons. The van der Waals surface area contributed by atoms with Crippen LogP contribution in [0.5, 0.6) is 5.75 Å². The quantitative estimate of drug-likeness (QED) is 0.799. The Morgan fingerprint density at radius 2 is 1.83 bits per heavy atom. The van der Waals surface area contributed by atoms with E-state index in [2.05, 4.69) is 5.32 Å². The van der Waals surface area contributed by atoms with Crippen LogP contribution >= 0.6 is 0 Å². The lowest BCUT2D eigenvalue weighted by atomic mass is 9.86. The molecule has 2 aromatic rings. The third-order valence-electron chi connectivity index (χ3n) is 5.12. The molecule has 0 aliphatic carbocycles. The standard InChI is InChI=1S/C22H27FN2O4S/c1-14(15-6-9-17(23)10-7-15)24-21(26)20-13-25(30(5,27)28)18-12-16(22(2,3)4)8-11-19(18)29-20/h6-12,14,20H,13H2,1-5H3,(H,24,26)/t14-,20-/m0/s1. The van der Waals surface area contributed by atoms with Gasteiger partial charge in [0.05, 0.1) is 24.5 Å². The summed E-state index contributed by atoms with van der Waals surface area (Å²) in [5.74, 6) is -0.455. The molecule has 1 amide bonds. The molecule has 1 aliphatic heterocycles. The number of carbonyl (C=O) groups excluding carboxylic acids is 1. The molecule has 0 saturated carbocycles. The zero-order valence-electron chi connectivity index (χ0n) is 17.8. The van der Waals surface area contributed by atoms with Crippen molar-refractivity contribution >= 4 is 21.6 Å². The van der Waals surface area contributed by atoms with Gasteiger partial charge >= 0.3 is 0 Å². The predicted octanol–water partition coefficient (Wildman–Crippen LogP) is 3.53. The van der Waals surface area contributed by atoms with Gasteiger partial charge in [0.15, 0.2) is 6.10 Å². The van der Waals surface area contributed by atoms with Crippen LogP contribution in [-0.4, -0.2) is 33.2 Å². The van der Waals surface area contributed by atoms with Crippen LogP contribution in [0.4, 0.5) is 10.1 Å². The van der Waals surface area contributed by atoms with Gasteiger partial charge in [-0.2, -0.15) is 0 Å². The Bertz CT molecular complexity index is 1050. The zero-order valence-corrected chi connectivity index (χ0v) is 18.6. The average molecular weight is 435 g/mol. The predicted molar refractivity (Wildman–Crippen MR) is 115 cm³/mol. The van der Waals surface area contributed by atoms with Gasteiger partial charge in [-0.1, -0.05) is 39.0 Å². The second-order valence-corrected chi connectivity index (χ2v) is 10.5. The summed E-state index contributed by atoms with van der Waals surface area (Å²) >= 11 is 0. The van der Waals surface area contributed by atoms with Crippen LogP contribution in [0, 0.1) is 5.82 Å². The van der Waals surface area contributed by atoms with Gasteiger partial charge < -0.3 is 10.1 Å². The summed E-state index contributed by atoms with van der Waals surface area (Å²) in [6, 6.07) is 10.8. The minimum Gasteiger partial charge on any atom is -0.476 e. The van der Waals surface area contributed by atoms with Crippen LogP contribution in [0.1, 0.15) is 44.9 Å². The second kappa shape index (κ2) is 7.91. The first-order valence-electron chi connectivity index (χ1n) is 9.71. The Balaban J connectivity index is 1.86. The van der Waals surface area contributed by atoms with Crippen LogP contribution in [0.25, 0.3) is 0 Å². The van der Waals surface area contributed by atoms with Crippen LogP contribution in [0.15, 0.2) is 42.5 Å². The number of rotatable bonds is 4. The van der Waals surface area contributed by atoms with E-state index in [0.29, 0.717) is 11.4 Å². The first-order valence-corrected chi connectivity index (χ1v) is 11.6. The van der Waals surface area contributed by atoms with Crippen molar-refractivity contribution in [2.45, 2.75) is 45.3 Å². The van der Waals surface area contributed by atoms with E-state index < -0.39 is 28.1 Å². The summed E-state index contributed by atoms with van der Waals surface area (Å²) in [7, 11) is -3.62. The lowest BCUT2D eigenvalue weighted by Gasteiger charge is -2.35. The lowest BCUT2D eigenvalue weighted by molar-refractivity contribution is -0.128. The zero-order chi connectivity index (χ0) is 22.3. The maximum absolute atomic E-state index is 13.1. The fourth-order valence-electron chi connectivity index (χ4n) is 3.31. The minimum atomic E-state index is -3.62. The van der Waals surface area contributed by atoms with E-state index in [0.717, 1.165) is 17.4 Å². The number of amides is 1. The van der Waals surface area contributed by atoms with Crippen molar-refractivity contribution < 1.29 is 22.3 Å². The highest BCUT2D eigenvalue weighted by Gasteiger charge is 2.36. The third kappa shape index (κ3) is 4.75. The van der Waals surface area contributed by atoms with Crippen molar-refractivity contribution in [2.24, 2.45) is 0 Å². The molecular formula is C22H27FN2O4S. The monoisotopic (exact) mass is 434 g/mol. The number of hydrogen-bond acceptors (Lipinski definition) is 4. The molecule has 0 saturated heterocycles. The highest BCUT2D eigenvalue weighted by atomic mass is 32.2. The number of carbonyl (C=O) groups is 1. The number of fused-ring (bicyclic) bond motifs is 1. The number of nitrogens with one attached hydrogen (secondary N) is 1. The minimum absolute atomic E-state index is 0.124. The number of nitrogens with zero attached hydrogens (tertiary/aromatic N) is 1. The maximum Gasteiger partial charge on any atom is 0.263 e. The molecule has 1 heterocycles. The Morgan fingerprint density at radius 1 is 1.20 bits per heavy atom. The summed E-state index contributed by atoms with van der Waals surface area (Å²) in [5.41, 5.74) is 1.96. The molecule has 8 heteroatoms. The molecule has 3 rings (SSSR count). The summed E-state index contributed by atoms with van der Waals surface area (Å²) < 4.78 is 45.1. The molecule has 2 aromatic carbocycles. The highest BCUT2D eigenvalue weighted by molar-refractivity contribution is 7.92. The third-order valence-corrected chi connectivity index (χ3v) is 6.26. The van der Waals surface area contributed by atoms with Gasteiger partial charge in [-0.15, -0.1) is 0 Å². The Labute approximate surface area is 177 Å². The molecule has 1 N–H and O–H groups in total. The van der Waals surface area contributed by atoms with E-state index in [1.807, 2.05) is 26.8 Å². The summed E-state index contributed by atoms with van der Waals surface area (Å²) in [6.45, 7) is 7.76. The highest BCUT2D eigenvalue weighted by Crippen LogP contribution is 2.38. The molecule has 1 aliphatic rings. The van der Waals surface area contributed by atoms with Crippen molar-refractivity contribution in [3.63, 3.8) is 0 Å². The number of ether oxygens (including phenoxy) is 1. The lowest BCUT2D eigenvalue weighted by Crippen LogP contribution is -2.50. The van der Waals surface area contributed by atoms with Crippen molar-refractivity contribution in [1.29, 1.82) is 0 Å². The number of halogens is 1. The number of benzene rings is 2. The smallest absolute Gasteiger partial charge is 0.263 e. The molecule has 2 atom stereocenters. The van der Waals surface area contributed by atoms with E-state index in [1.54, 1.807) is 31.2 Å². The van der Waals surface area contributed by atoms with E-state index in [4.69, 9.17) is 4.74 Å². The van der Waals surface area contributed by atoms with Gasteiger partial charge in [0, 0.05) is 0 Å². The molecular weight excluding hydrogens is 407 g/mol. The fraction of sp³-hybridized carbons (Fsp3) is 0.409. The maximum atomic E-state index is 13.1. The van der Waals surface area contributed by atoms with Gasteiger partial charge in [0.2, 0.25) is 10.0 Å². The molecule has 0 fully saturated rings. The topological polar surface area (TPSA) is 75.7 Å². The summed E-state index contributed by atoms with van der Waals surface area (Å²) in [5, 5.41) is 2.82. The molecule has 0 unspecified atom stereocenters. The Hall–Kier alpha value is -2.61. The number of anilines is 1. The van der Waals surface area contributed by atoms with Crippen molar-refractivity contribution in [3.05, 3.63) is 59.4 Å². The van der Waals surface area contributed by atoms with E-state index >= 15 is 0 Å². The van der Waals surface area contributed by atoms with Gasteiger partial charge in [0.1, 0.15) is 11.6 Å². The van der Waals surface area contributed by atoms with Gasteiger partial charge in [-0.05, 0) is 47.7 Å². The van der Waals surface area contributed by atoms with Gasteiger partial charge in [-0.25, -0.2) is 12.8 Å². The number of hydrogen-bond donors (Lipinski definition) is 1. The average Bonchev–Trinajstić information content (AvgIpc) is 2.65. The van der Waals surface area contributed by atoms with Gasteiger partial charge in [-0.3, -0.25) is 9.10 Å². The number of sulfonamides is 1. The van der Waals surface area contributed by atoms with Crippen molar-refractivity contribution in [2.75, 3.05) is 17.1 Å². The van der Waals surface area contributed by atoms with Crippen molar-refractivity contribution in [1.82, 2.24) is 5.32 Å². The van der Waals surface area contributed by atoms with E-state index in [9.17, 15) is 17.6 Å². The summed E-state index contributed by atoms with van der Waals surface area (Å²) in [4.78, 5) is 12.8. The van der Waals surface area contributed by atoms with E-state index in [1.165, 1.54) is 16.4 Å². The summed E-state index contributed by atoms with van der Waals surface area (Å²) in [6.07, 6.45) is 0.109. The van der Waals surface area contributed by atoms with Crippen LogP contribution in [0.2, 0.25) is 0 Å². The molecule has 0 radical (unpaired) electrons. The fourth-order valence-corrected chi connectivity index (χ4v) is 4.22. The van der Waals surface area contributed by atoms with Crippen molar-refractivity contribution in [3.8, 4) is 5.75 Å². The van der Waals surface area contributed by atoms with Gasteiger partial charge in [0.25, 0.3) is 5.91 Å². The van der Waals surface area contributed by atoms with E-state index in [-0.39, 0.29) is 17.8 Å². The molecule has 6 nitrogen and oxygen atoms in total. The molecule has 30 heavy (non-hydrogen) atoms. The van der Waals surface area contributed by atoms with Crippen LogP contribution < -0.4 is 14.4 Å². The Kier molecular flexibility index (Phi) is 5.82.